The van der Waals surface area contributed by atoms with Crippen LogP contribution in [-0.2, 0) is 37.2 Å². The summed E-state index contributed by atoms with van der Waals surface area (Å²) in [5.74, 6) is 0.388. The Morgan fingerprint density at radius 1 is 1.22 bits per heavy atom. The molecule has 0 aliphatic carbocycles. The zero-order chi connectivity index (χ0) is 23.5. The molecule has 6 atom stereocenters. The van der Waals surface area contributed by atoms with Crippen LogP contribution in [0.2, 0.25) is 0 Å². The number of aliphatic hydroxyl groups excluding tert-OH is 1. The van der Waals surface area contributed by atoms with Crippen LogP contribution in [0.5, 0.6) is 0 Å². The first kappa shape index (κ1) is 23.9. The highest BCUT2D eigenvalue weighted by atomic mass is 31.3. The number of aliphatic hydroxyl groups is 1. The van der Waals surface area contributed by atoms with E-state index in [9.17, 15) is 23.7 Å². The van der Waals surface area contributed by atoms with E-state index in [1.165, 1.54) is 17.2 Å². The summed E-state index contributed by atoms with van der Waals surface area (Å²) in [4.78, 5) is 45.9. The Morgan fingerprint density at radius 3 is 2.56 bits per heavy atom. The lowest BCUT2D eigenvalue weighted by atomic mass is 9.99. The average molecular weight is 517 g/mol. The number of fused-ring (bicyclic) bond motifs is 3. The molecule has 3 unspecified atom stereocenters. The van der Waals surface area contributed by atoms with E-state index >= 15 is 0 Å². The zero-order valence-electron chi connectivity index (χ0n) is 15.8. The molecule has 3 aliphatic heterocycles. The van der Waals surface area contributed by atoms with Gasteiger partial charge in [-0.2, -0.15) is 8.62 Å². The lowest BCUT2D eigenvalue weighted by Gasteiger charge is -2.43. The Kier molecular flexibility index (Phi) is 5.88. The lowest BCUT2D eigenvalue weighted by Crippen LogP contribution is -2.55. The van der Waals surface area contributed by atoms with Gasteiger partial charge in [0.15, 0.2) is 11.5 Å². The van der Waals surface area contributed by atoms with Gasteiger partial charge in [-0.25, -0.2) is 23.7 Å². The lowest BCUT2D eigenvalue weighted by molar-refractivity contribution is -0.0430. The third-order valence-electron chi connectivity index (χ3n) is 4.70. The summed E-state index contributed by atoms with van der Waals surface area (Å²) in [5.41, 5.74) is 5.77. The molecule has 32 heavy (non-hydrogen) atoms. The first-order valence-electron chi connectivity index (χ1n) is 8.69. The van der Waals surface area contributed by atoms with Gasteiger partial charge in [0.2, 0.25) is 0 Å². The van der Waals surface area contributed by atoms with Crippen molar-refractivity contribution < 1.29 is 56.3 Å². The summed E-state index contributed by atoms with van der Waals surface area (Å²) in [6, 6.07) is 0. The summed E-state index contributed by atoms with van der Waals surface area (Å²) >= 11 is 0. The molecule has 17 nitrogen and oxygen atoms in total. The molecule has 1 aromatic rings. The highest BCUT2D eigenvalue weighted by molar-refractivity contribution is 7.66. The largest absolute Gasteiger partial charge is 0.490 e. The molecular weight excluding hydrogens is 499 g/mol. The fourth-order valence-electron chi connectivity index (χ4n) is 3.26. The van der Waals surface area contributed by atoms with Gasteiger partial charge in [0, 0.05) is 12.6 Å². The average Bonchev–Trinajstić information content (AvgIpc) is 3.18. The van der Waals surface area contributed by atoms with Crippen molar-refractivity contribution in [2.24, 2.45) is 10.7 Å². The first-order valence-corrected chi connectivity index (χ1v) is 13.2. The van der Waals surface area contributed by atoms with Crippen molar-refractivity contribution in [2.75, 3.05) is 6.61 Å². The number of nitrogens with zero attached hydrogens (tertiary/aromatic N) is 4. The second-order valence-corrected chi connectivity index (χ2v) is 11.4. The van der Waals surface area contributed by atoms with Crippen LogP contribution >= 0.6 is 23.5 Å². The number of hydrogen-bond donors (Lipinski definition) is 6. The van der Waals surface area contributed by atoms with Crippen LogP contribution in [0.25, 0.3) is 0 Å². The Morgan fingerprint density at radius 2 is 1.94 bits per heavy atom. The van der Waals surface area contributed by atoms with E-state index in [1.54, 1.807) is 17.2 Å². The molecule has 7 N–H and O–H groups in total. The normalized spacial score (nSPS) is 32.7. The van der Waals surface area contributed by atoms with Crippen LogP contribution in [-0.4, -0.2) is 64.3 Å². The second kappa shape index (κ2) is 7.89. The van der Waals surface area contributed by atoms with E-state index < -0.39 is 54.2 Å². The second-order valence-electron chi connectivity index (χ2n) is 6.94. The van der Waals surface area contributed by atoms with Gasteiger partial charge in [0.25, 0.3) is 0 Å². The summed E-state index contributed by atoms with van der Waals surface area (Å²) in [7, 11) is -16.5. The fourth-order valence-corrected chi connectivity index (χ4v) is 6.29. The van der Waals surface area contributed by atoms with Crippen LogP contribution in [0.3, 0.4) is 0 Å². The van der Waals surface area contributed by atoms with Gasteiger partial charge in [-0.1, -0.05) is 0 Å². The molecule has 1 fully saturated rings. The third kappa shape index (κ3) is 4.67. The number of aromatic nitrogens is 2. The van der Waals surface area contributed by atoms with Crippen LogP contribution in [0.15, 0.2) is 23.6 Å². The number of ether oxygens (including phenoxy) is 1. The number of imidazole rings is 1. The molecule has 0 saturated carbocycles. The van der Waals surface area contributed by atoms with Crippen molar-refractivity contribution in [1.29, 1.82) is 0 Å². The molecular formula is C12H18N5O12P3. The Labute approximate surface area is 179 Å². The van der Waals surface area contributed by atoms with Gasteiger partial charge >= 0.3 is 23.5 Å². The van der Waals surface area contributed by atoms with E-state index in [1.807, 2.05) is 0 Å². The maximum Gasteiger partial charge on any atom is 0.490 e. The van der Waals surface area contributed by atoms with Crippen LogP contribution in [0.4, 0.5) is 5.82 Å². The van der Waals surface area contributed by atoms with Crippen LogP contribution in [0.1, 0.15) is 18.3 Å². The number of aliphatic imine (C=N–C) groups is 1. The molecule has 0 radical (unpaired) electrons. The summed E-state index contributed by atoms with van der Waals surface area (Å²) in [6.45, 7) is -0.779. The number of rotatable bonds is 8. The Hall–Kier alpha value is -1.29. The van der Waals surface area contributed by atoms with Crippen molar-refractivity contribution >= 4 is 35.6 Å². The molecule has 3 aliphatic rings. The fraction of sp³-hybridized carbons (Fsp3) is 0.500. The predicted molar refractivity (Wildman–Crippen MR) is 102 cm³/mol. The molecule has 0 amide bonds. The number of phosphoric acid groups is 3. The standard InChI is InChI=1S/C12H18N5O12P3/c13-12-1-2-16(12)5-15-11-10(12)14-6-17(11)9-3-7(18)8(27-9)4-26-31(22,23)29-32(24,25)28-30(19,20)21/h1-2,5-9,18H,3-4,13H2,(H,22,23)(H,24,25)(H2,19,20,21)/t7-,8+,9+,12?/m0/s1. The maximum atomic E-state index is 11.8. The van der Waals surface area contributed by atoms with Gasteiger partial charge < -0.3 is 34.3 Å². The van der Waals surface area contributed by atoms with Gasteiger partial charge in [0.05, 0.1) is 25.4 Å². The van der Waals surface area contributed by atoms with E-state index in [0.717, 1.165) is 0 Å². The minimum absolute atomic E-state index is 0.0138. The summed E-state index contributed by atoms with van der Waals surface area (Å²) < 4.78 is 52.8. The number of hydrogen-bond acceptors (Lipinski definition) is 12. The number of phosphoric ester groups is 1. The molecule has 4 rings (SSSR count). The first-order chi connectivity index (χ1) is 14.7. The summed E-state index contributed by atoms with van der Waals surface area (Å²) in [6.07, 6.45) is 3.21. The minimum Gasteiger partial charge on any atom is -0.390 e. The van der Waals surface area contributed by atoms with E-state index in [4.69, 9.17) is 25.2 Å². The molecule has 4 heterocycles. The van der Waals surface area contributed by atoms with Gasteiger partial charge in [-0.05, 0) is 6.08 Å². The molecule has 1 saturated heterocycles. The highest BCUT2D eigenvalue weighted by Crippen LogP contribution is 2.66. The molecule has 1 aromatic heterocycles. The SMILES string of the molecule is NC12C=CN1C=Nc1c2ncn1[C@H]1C[C@H](O)[C@@H](COP(=O)(O)OP(=O)(O)OP(=O)(O)O)O1. The van der Waals surface area contributed by atoms with Crippen molar-refractivity contribution in [1.82, 2.24) is 14.5 Å². The Bertz CT molecular complexity index is 1120. The van der Waals surface area contributed by atoms with E-state index in [0.29, 0.717) is 11.5 Å². The Balaban J connectivity index is 1.39. The van der Waals surface area contributed by atoms with Crippen molar-refractivity contribution in [3.63, 3.8) is 0 Å². The monoisotopic (exact) mass is 517 g/mol. The summed E-state index contributed by atoms with van der Waals surface area (Å²) in [5, 5.41) is 10.2. The van der Waals surface area contributed by atoms with Gasteiger partial charge in [0.1, 0.15) is 18.0 Å². The molecule has 0 bridgehead atoms. The highest BCUT2D eigenvalue weighted by Gasteiger charge is 2.46. The van der Waals surface area contributed by atoms with Crippen LogP contribution < -0.4 is 5.73 Å². The molecule has 20 heteroatoms. The molecule has 0 spiro atoms. The predicted octanol–water partition coefficient (Wildman–Crippen LogP) is -0.511. The van der Waals surface area contributed by atoms with Crippen molar-refractivity contribution in [3.8, 4) is 0 Å². The minimum atomic E-state index is -5.64. The maximum absolute atomic E-state index is 11.8. The van der Waals surface area contributed by atoms with Gasteiger partial charge in [-0.15, -0.1) is 0 Å². The van der Waals surface area contributed by atoms with E-state index in [-0.39, 0.29) is 6.42 Å². The van der Waals surface area contributed by atoms with Crippen LogP contribution in [0, 0.1) is 0 Å². The van der Waals surface area contributed by atoms with E-state index in [2.05, 4.69) is 23.1 Å². The molecule has 178 valence electrons. The third-order valence-corrected chi connectivity index (χ3v) is 8.50. The van der Waals surface area contributed by atoms with Crippen molar-refractivity contribution in [2.45, 2.75) is 30.5 Å². The molecule has 0 aromatic carbocycles. The van der Waals surface area contributed by atoms with Gasteiger partial charge in [-0.3, -0.25) is 14.8 Å². The zero-order valence-corrected chi connectivity index (χ0v) is 18.4. The smallest absolute Gasteiger partial charge is 0.390 e. The topological polar surface area (TPSA) is 249 Å². The quantitative estimate of drug-likeness (QED) is 0.238. The van der Waals surface area contributed by atoms with Crippen molar-refractivity contribution in [3.05, 3.63) is 24.3 Å². The number of nitrogens with two attached hydrogens (primary N) is 1.